The molecule has 0 aromatic rings. The molecule has 0 saturated carbocycles. The van der Waals surface area contributed by atoms with Crippen molar-refractivity contribution in [2.24, 2.45) is 23.1 Å². The number of carboxylic acids is 1. The first kappa shape index (κ1) is 28.8. The van der Waals surface area contributed by atoms with Crippen LogP contribution in [0.4, 0.5) is 0 Å². The number of nitrogens with one attached hydrogen (secondary N) is 3. The third-order valence-corrected chi connectivity index (χ3v) is 4.88. The van der Waals surface area contributed by atoms with Crippen LogP contribution in [-0.2, 0) is 28.8 Å². The minimum absolute atomic E-state index is 0.00921. The molecule has 0 aliphatic heterocycles. The molecule has 0 radical (unpaired) electrons. The van der Waals surface area contributed by atoms with Gasteiger partial charge in [0.15, 0.2) is 0 Å². The second-order valence-corrected chi connectivity index (χ2v) is 7.62. The van der Waals surface area contributed by atoms with Gasteiger partial charge < -0.3 is 38.3 Å². The van der Waals surface area contributed by atoms with E-state index in [9.17, 15) is 33.9 Å². The van der Waals surface area contributed by atoms with Gasteiger partial charge in [-0.1, -0.05) is 20.3 Å². The second-order valence-electron chi connectivity index (χ2n) is 7.62. The number of carboxylic acid groups (broad SMARTS) is 1. The number of carbonyl (C=O) groups excluding carboxylic acids is 5. The Hall–Kier alpha value is -3.22. The molecule has 0 rings (SSSR count). The van der Waals surface area contributed by atoms with Crippen molar-refractivity contribution in [1.82, 2.24) is 16.0 Å². The minimum Gasteiger partial charge on any atom is -0.480 e. The van der Waals surface area contributed by atoms with E-state index in [-0.39, 0.29) is 31.6 Å². The fourth-order valence-electron chi connectivity index (χ4n) is 2.60. The zero-order valence-electron chi connectivity index (χ0n) is 18.6. The maximum atomic E-state index is 12.7. The smallest absolute Gasteiger partial charge is 0.326 e. The van der Waals surface area contributed by atoms with Crippen molar-refractivity contribution in [2.75, 3.05) is 0 Å². The molecule has 5 atom stereocenters. The molecule has 0 aliphatic rings. The van der Waals surface area contributed by atoms with Crippen molar-refractivity contribution >= 4 is 35.5 Å². The highest BCUT2D eigenvalue weighted by Gasteiger charge is 2.31. The standard InChI is InChI=1S/C19H34N6O7/c1-4-9(2)15(18(30)24-12(19(31)32)6-8-14(22)27)25-16(28)10(3)23-17(29)11(20)5-7-13(21)26/h9-12,15H,4-8,20H2,1-3H3,(H2,21,26)(H2,22,27)(H,23,29)(H,24,30)(H,25,28)(H,31,32). The molecule has 0 aliphatic carbocycles. The fraction of sp³-hybridized carbons (Fsp3) is 0.684. The molecule has 182 valence electrons. The SMILES string of the molecule is CCC(C)C(NC(=O)C(C)NC(=O)C(N)CCC(N)=O)C(=O)NC(CCC(N)=O)C(=O)O. The summed E-state index contributed by atoms with van der Waals surface area (Å²) >= 11 is 0. The van der Waals surface area contributed by atoms with Crippen molar-refractivity contribution in [3.63, 3.8) is 0 Å². The Bertz CT molecular complexity index is 714. The van der Waals surface area contributed by atoms with Gasteiger partial charge in [-0.25, -0.2) is 4.79 Å². The third kappa shape index (κ3) is 10.7. The van der Waals surface area contributed by atoms with Crippen LogP contribution in [-0.4, -0.2) is 64.8 Å². The van der Waals surface area contributed by atoms with E-state index in [0.717, 1.165) is 0 Å². The Kier molecular flexibility index (Phi) is 12.6. The van der Waals surface area contributed by atoms with Gasteiger partial charge in [0, 0.05) is 12.8 Å². The first-order chi connectivity index (χ1) is 14.8. The van der Waals surface area contributed by atoms with Crippen LogP contribution < -0.4 is 33.2 Å². The van der Waals surface area contributed by atoms with Crippen molar-refractivity contribution in [2.45, 2.75) is 77.0 Å². The second kappa shape index (κ2) is 14.0. The van der Waals surface area contributed by atoms with Crippen LogP contribution >= 0.6 is 0 Å². The summed E-state index contributed by atoms with van der Waals surface area (Å²) in [5.74, 6) is -5.15. The average molecular weight is 459 g/mol. The van der Waals surface area contributed by atoms with E-state index in [0.29, 0.717) is 6.42 Å². The molecule has 0 aromatic carbocycles. The van der Waals surface area contributed by atoms with E-state index < -0.39 is 59.7 Å². The van der Waals surface area contributed by atoms with E-state index in [1.807, 2.05) is 0 Å². The highest BCUT2D eigenvalue weighted by Crippen LogP contribution is 2.10. The molecule has 13 nitrogen and oxygen atoms in total. The number of aliphatic carboxylic acids is 1. The lowest BCUT2D eigenvalue weighted by Gasteiger charge is -2.27. The van der Waals surface area contributed by atoms with E-state index in [2.05, 4.69) is 16.0 Å². The van der Waals surface area contributed by atoms with Crippen molar-refractivity contribution in [3.8, 4) is 0 Å². The van der Waals surface area contributed by atoms with Gasteiger partial charge in [-0.05, 0) is 25.7 Å². The number of primary amides is 2. The number of rotatable bonds is 15. The van der Waals surface area contributed by atoms with Gasteiger partial charge in [-0.3, -0.25) is 24.0 Å². The Morgan fingerprint density at radius 2 is 1.34 bits per heavy atom. The van der Waals surface area contributed by atoms with E-state index in [1.165, 1.54) is 6.92 Å². The van der Waals surface area contributed by atoms with Crippen LogP contribution in [0.25, 0.3) is 0 Å². The van der Waals surface area contributed by atoms with Gasteiger partial charge in [0.25, 0.3) is 0 Å². The molecule has 0 aromatic heterocycles. The monoisotopic (exact) mass is 458 g/mol. The van der Waals surface area contributed by atoms with Gasteiger partial charge in [0.1, 0.15) is 18.1 Å². The zero-order valence-corrected chi connectivity index (χ0v) is 18.6. The maximum Gasteiger partial charge on any atom is 0.326 e. The van der Waals surface area contributed by atoms with Gasteiger partial charge in [-0.2, -0.15) is 0 Å². The molecule has 5 amide bonds. The molecular weight excluding hydrogens is 424 g/mol. The van der Waals surface area contributed by atoms with Crippen molar-refractivity contribution in [1.29, 1.82) is 0 Å². The van der Waals surface area contributed by atoms with E-state index >= 15 is 0 Å². The number of nitrogens with two attached hydrogens (primary N) is 3. The lowest BCUT2D eigenvalue weighted by atomic mass is 9.97. The van der Waals surface area contributed by atoms with Crippen LogP contribution in [0.5, 0.6) is 0 Å². The maximum absolute atomic E-state index is 12.7. The highest BCUT2D eigenvalue weighted by molar-refractivity contribution is 5.94. The van der Waals surface area contributed by atoms with Crippen LogP contribution in [0.1, 0.15) is 52.9 Å². The van der Waals surface area contributed by atoms with E-state index in [1.54, 1.807) is 13.8 Å². The number of hydrogen-bond acceptors (Lipinski definition) is 7. The first-order valence-corrected chi connectivity index (χ1v) is 10.3. The molecule has 0 heterocycles. The summed E-state index contributed by atoms with van der Waals surface area (Å²) in [6, 6.07) is -4.57. The Balaban J connectivity index is 5.13. The Labute approximate surface area is 186 Å². The van der Waals surface area contributed by atoms with Gasteiger partial charge in [0.05, 0.1) is 6.04 Å². The number of hydrogen-bond donors (Lipinski definition) is 7. The summed E-state index contributed by atoms with van der Waals surface area (Å²) < 4.78 is 0. The number of amides is 5. The molecule has 5 unspecified atom stereocenters. The average Bonchev–Trinajstić information content (AvgIpc) is 2.71. The lowest BCUT2D eigenvalue weighted by molar-refractivity contribution is -0.143. The van der Waals surface area contributed by atoms with Crippen LogP contribution in [0.3, 0.4) is 0 Å². The predicted octanol–water partition coefficient (Wildman–Crippen LogP) is -2.55. The van der Waals surface area contributed by atoms with Gasteiger partial charge in [0.2, 0.25) is 29.5 Å². The van der Waals surface area contributed by atoms with Crippen molar-refractivity contribution < 1.29 is 33.9 Å². The van der Waals surface area contributed by atoms with Crippen LogP contribution in [0.15, 0.2) is 0 Å². The van der Waals surface area contributed by atoms with Gasteiger partial charge >= 0.3 is 5.97 Å². The molecular formula is C19H34N6O7. The molecule has 0 bridgehead atoms. The van der Waals surface area contributed by atoms with Crippen LogP contribution in [0, 0.1) is 5.92 Å². The fourth-order valence-corrected chi connectivity index (χ4v) is 2.60. The van der Waals surface area contributed by atoms with Crippen LogP contribution in [0.2, 0.25) is 0 Å². The summed E-state index contributed by atoms with van der Waals surface area (Å²) in [6.45, 7) is 4.85. The summed E-state index contributed by atoms with van der Waals surface area (Å²) in [4.78, 5) is 70.4. The zero-order chi connectivity index (χ0) is 25.0. The molecule has 0 fully saturated rings. The summed E-state index contributed by atoms with van der Waals surface area (Å²) in [7, 11) is 0. The number of carbonyl (C=O) groups is 6. The lowest BCUT2D eigenvalue weighted by Crippen LogP contribution is -2.58. The topological polar surface area (TPSA) is 237 Å². The minimum atomic E-state index is -1.36. The Morgan fingerprint density at radius 3 is 1.81 bits per heavy atom. The Morgan fingerprint density at radius 1 is 0.812 bits per heavy atom. The molecule has 32 heavy (non-hydrogen) atoms. The molecule has 0 spiro atoms. The third-order valence-electron chi connectivity index (χ3n) is 4.88. The summed E-state index contributed by atoms with van der Waals surface area (Å²) in [5.41, 5.74) is 15.7. The molecule has 0 saturated heterocycles. The summed E-state index contributed by atoms with van der Waals surface area (Å²) in [6.07, 6.45) is -0.0404. The normalized spacial score (nSPS) is 15.4. The molecule has 10 N–H and O–H groups in total. The highest BCUT2D eigenvalue weighted by atomic mass is 16.4. The largest absolute Gasteiger partial charge is 0.480 e. The molecule has 13 heteroatoms. The summed E-state index contributed by atoms with van der Waals surface area (Å²) in [5, 5.41) is 16.5. The van der Waals surface area contributed by atoms with E-state index in [4.69, 9.17) is 17.2 Å². The van der Waals surface area contributed by atoms with Gasteiger partial charge in [-0.15, -0.1) is 0 Å². The quantitative estimate of drug-likeness (QED) is 0.137. The predicted molar refractivity (Wildman–Crippen MR) is 113 cm³/mol. The van der Waals surface area contributed by atoms with Crippen molar-refractivity contribution in [3.05, 3.63) is 0 Å². The first-order valence-electron chi connectivity index (χ1n) is 10.3.